The molecule has 11 heteroatoms. The molecule has 0 spiro atoms. The number of hydrogen-bond acceptors (Lipinski definition) is 6. The average molecular weight is 420 g/mol. The SMILES string of the molecule is CC(C)CC(C(=O)OCOC(=O)CC(=O)OCC(F)(F)C(F)(F)F)C(C)(C)C. The largest absolute Gasteiger partial charge is 0.458 e. The average Bonchev–Trinajstić information content (AvgIpc) is 2.48. The van der Waals surface area contributed by atoms with Crippen LogP contribution in [0.1, 0.15) is 47.5 Å². The van der Waals surface area contributed by atoms with Crippen LogP contribution in [0.4, 0.5) is 22.0 Å². The summed E-state index contributed by atoms with van der Waals surface area (Å²) >= 11 is 0. The minimum absolute atomic E-state index is 0.198. The third kappa shape index (κ3) is 9.32. The van der Waals surface area contributed by atoms with Gasteiger partial charge in [-0.2, -0.15) is 22.0 Å². The summed E-state index contributed by atoms with van der Waals surface area (Å²) in [6, 6.07) is 0. The van der Waals surface area contributed by atoms with Gasteiger partial charge in [-0.25, -0.2) is 0 Å². The van der Waals surface area contributed by atoms with E-state index in [4.69, 9.17) is 4.74 Å². The summed E-state index contributed by atoms with van der Waals surface area (Å²) < 4.78 is 74.1. The molecule has 0 aliphatic rings. The molecule has 0 saturated heterocycles. The summed E-state index contributed by atoms with van der Waals surface area (Å²) in [4.78, 5) is 34.7. The number of rotatable bonds is 9. The Hall–Kier alpha value is -1.94. The highest BCUT2D eigenvalue weighted by Gasteiger charge is 2.58. The Morgan fingerprint density at radius 1 is 0.857 bits per heavy atom. The van der Waals surface area contributed by atoms with E-state index in [9.17, 15) is 36.3 Å². The van der Waals surface area contributed by atoms with Gasteiger partial charge in [0.25, 0.3) is 0 Å². The number of hydrogen-bond donors (Lipinski definition) is 0. The van der Waals surface area contributed by atoms with Gasteiger partial charge in [0.1, 0.15) is 6.42 Å². The van der Waals surface area contributed by atoms with Crippen molar-refractivity contribution < 1.29 is 50.5 Å². The van der Waals surface area contributed by atoms with Crippen molar-refractivity contribution in [1.82, 2.24) is 0 Å². The van der Waals surface area contributed by atoms with E-state index in [0.29, 0.717) is 6.42 Å². The second-order valence-corrected chi connectivity index (χ2v) is 7.69. The molecule has 0 aromatic rings. The Morgan fingerprint density at radius 2 is 1.36 bits per heavy atom. The van der Waals surface area contributed by atoms with E-state index >= 15 is 0 Å². The van der Waals surface area contributed by atoms with Crippen molar-refractivity contribution in [2.75, 3.05) is 13.4 Å². The molecule has 0 saturated carbocycles. The Morgan fingerprint density at radius 3 is 1.79 bits per heavy atom. The van der Waals surface area contributed by atoms with Crippen molar-refractivity contribution in [1.29, 1.82) is 0 Å². The van der Waals surface area contributed by atoms with Gasteiger partial charge in [-0.05, 0) is 17.8 Å². The molecule has 0 radical (unpaired) electrons. The molecule has 164 valence electrons. The summed E-state index contributed by atoms with van der Waals surface area (Å²) in [5, 5.41) is 0. The number of halogens is 5. The quantitative estimate of drug-likeness (QED) is 0.244. The lowest BCUT2D eigenvalue weighted by Crippen LogP contribution is -2.41. The summed E-state index contributed by atoms with van der Waals surface area (Å²) in [6.07, 6.45) is -6.57. The van der Waals surface area contributed by atoms with Crippen LogP contribution in [0.3, 0.4) is 0 Å². The smallest absolute Gasteiger partial charge is 0.456 e. The van der Waals surface area contributed by atoms with Crippen LogP contribution in [0.15, 0.2) is 0 Å². The predicted molar refractivity (Wildman–Crippen MR) is 86.0 cm³/mol. The molecule has 0 amide bonds. The van der Waals surface area contributed by atoms with Gasteiger partial charge in [0.05, 0.1) is 5.92 Å². The predicted octanol–water partition coefficient (Wildman–Crippen LogP) is 3.87. The first-order chi connectivity index (χ1) is 12.5. The van der Waals surface area contributed by atoms with E-state index in [1.807, 2.05) is 34.6 Å². The molecule has 1 unspecified atom stereocenters. The van der Waals surface area contributed by atoms with Crippen molar-refractivity contribution in [3.8, 4) is 0 Å². The summed E-state index contributed by atoms with van der Waals surface area (Å²) in [6.45, 7) is 6.26. The van der Waals surface area contributed by atoms with Crippen LogP contribution in [0.2, 0.25) is 0 Å². The number of ether oxygens (including phenoxy) is 3. The first-order valence-electron chi connectivity index (χ1n) is 8.39. The molecule has 0 bridgehead atoms. The van der Waals surface area contributed by atoms with Crippen molar-refractivity contribution in [3.63, 3.8) is 0 Å². The molecule has 0 N–H and O–H groups in total. The molecule has 0 aliphatic heterocycles. The second-order valence-electron chi connectivity index (χ2n) is 7.69. The van der Waals surface area contributed by atoms with Gasteiger partial charge < -0.3 is 14.2 Å². The van der Waals surface area contributed by atoms with E-state index in [-0.39, 0.29) is 5.92 Å². The molecule has 28 heavy (non-hydrogen) atoms. The highest BCUT2D eigenvalue weighted by atomic mass is 19.4. The molecule has 0 aromatic heterocycles. The molecule has 0 heterocycles. The number of alkyl halides is 5. The van der Waals surface area contributed by atoms with E-state index < -0.39 is 61.2 Å². The topological polar surface area (TPSA) is 78.9 Å². The van der Waals surface area contributed by atoms with Gasteiger partial charge in [0.2, 0.25) is 6.79 Å². The van der Waals surface area contributed by atoms with Crippen LogP contribution in [-0.2, 0) is 28.6 Å². The molecule has 0 aliphatic carbocycles. The summed E-state index contributed by atoms with van der Waals surface area (Å²) in [5.74, 6) is -9.08. The van der Waals surface area contributed by atoms with Gasteiger partial charge in [-0.1, -0.05) is 34.6 Å². The van der Waals surface area contributed by atoms with E-state index in [2.05, 4.69) is 9.47 Å². The number of carbonyl (C=O) groups is 3. The summed E-state index contributed by atoms with van der Waals surface area (Å²) in [5.41, 5.74) is -0.418. The van der Waals surface area contributed by atoms with Crippen molar-refractivity contribution >= 4 is 17.9 Å². The maximum Gasteiger partial charge on any atom is 0.456 e. The van der Waals surface area contributed by atoms with Gasteiger partial charge in [-0.15, -0.1) is 0 Å². The first kappa shape index (κ1) is 26.1. The Bertz CT molecular complexity index is 551. The normalized spacial score (nSPS) is 13.8. The Kier molecular flexibility index (Phi) is 9.32. The van der Waals surface area contributed by atoms with Crippen molar-refractivity contribution in [2.45, 2.75) is 59.6 Å². The zero-order valence-corrected chi connectivity index (χ0v) is 16.3. The lowest BCUT2D eigenvalue weighted by molar-refractivity contribution is -0.294. The highest BCUT2D eigenvalue weighted by molar-refractivity contribution is 5.91. The zero-order chi connectivity index (χ0) is 22.3. The fraction of sp³-hybridized carbons (Fsp3) is 0.824. The maximum absolute atomic E-state index is 12.6. The van der Waals surface area contributed by atoms with E-state index in [0.717, 1.165) is 0 Å². The molecular weight excluding hydrogens is 395 g/mol. The van der Waals surface area contributed by atoms with Crippen molar-refractivity contribution in [3.05, 3.63) is 0 Å². The second kappa shape index (κ2) is 10.0. The molecule has 0 rings (SSSR count). The van der Waals surface area contributed by atoms with Crippen LogP contribution < -0.4 is 0 Å². The maximum atomic E-state index is 12.6. The monoisotopic (exact) mass is 420 g/mol. The molecule has 0 fully saturated rings. The summed E-state index contributed by atoms with van der Waals surface area (Å²) in [7, 11) is 0. The minimum atomic E-state index is -5.89. The van der Waals surface area contributed by atoms with Crippen LogP contribution >= 0.6 is 0 Å². The van der Waals surface area contributed by atoms with Gasteiger partial charge in [-0.3, -0.25) is 14.4 Å². The van der Waals surface area contributed by atoms with Crippen LogP contribution in [0.25, 0.3) is 0 Å². The van der Waals surface area contributed by atoms with Crippen molar-refractivity contribution in [2.24, 2.45) is 17.3 Å². The third-order valence-electron chi connectivity index (χ3n) is 3.58. The number of carbonyl (C=O) groups excluding carboxylic acids is 3. The van der Waals surface area contributed by atoms with Crippen LogP contribution in [-0.4, -0.2) is 43.4 Å². The Labute approximate surface area is 159 Å². The zero-order valence-electron chi connectivity index (χ0n) is 16.3. The molecule has 6 nitrogen and oxygen atoms in total. The minimum Gasteiger partial charge on any atom is -0.458 e. The lowest BCUT2D eigenvalue weighted by Gasteiger charge is -2.29. The Balaban J connectivity index is 4.41. The fourth-order valence-electron chi connectivity index (χ4n) is 2.00. The molecule has 0 aromatic carbocycles. The van der Waals surface area contributed by atoms with Crippen LogP contribution in [0, 0.1) is 17.3 Å². The first-order valence-corrected chi connectivity index (χ1v) is 8.39. The fourth-order valence-corrected chi connectivity index (χ4v) is 2.00. The lowest BCUT2D eigenvalue weighted by atomic mass is 9.76. The standard InChI is InChI=1S/C17H25F5O6/c1-10(2)6-11(15(3,4)5)14(25)28-9-27-13(24)7-12(23)26-8-16(18,19)17(20,21)22/h10-11H,6-9H2,1-5H3. The molecular formula is C17H25F5O6. The van der Waals surface area contributed by atoms with Gasteiger partial charge in [0, 0.05) is 0 Å². The van der Waals surface area contributed by atoms with Gasteiger partial charge >= 0.3 is 30.0 Å². The van der Waals surface area contributed by atoms with E-state index in [1.54, 1.807) is 0 Å². The van der Waals surface area contributed by atoms with E-state index in [1.165, 1.54) is 0 Å². The third-order valence-corrected chi connectivity index (χ3v) is 3.58. The highest BCUT2D eigenvalue weighted by Crippen LogP contribution is 2.35. The number of esters is 3. The molecule has 1 atom stereocenters. The van der Waals surface area contributed by atoms with Gasteiger partial charge in [0.15, 0.2) is 6.61 Å². The van der Waals surface area contributed by atoms with Crippen LogP contribution in [0.5, 0.6) is 0 Å².